The Hall–Kier alpha value is -1.06. The topological polar surface area (TPSA) is 35.5 Å². The summed E-state index contributed by atoms with van der Waals surface area (Å²) in [5, 5.41) is 13.4. The molecule has 1 aromatic rings. The summed E-state index contributed by atoms with van der Waals surface area (Å²) in [5.41, 5.74) is 3.19. The van der Waals surface area contributed by atoms with Gasteiger partial charge in [-0.05, 0) is 68.9 Å². The van der Waals surface area contributed by atoms with E-state index in [1.54, 1.807) is 0 Å². The third kappa shape index (κ3) is 5.01. The van der Waals surface area contributed by atoms with Crippen molar-refractivity contribution in [3.63, 3.8) is 0 Å². The van der Waals surface area contributed by atoms with Crippen molar-refractivity contribution in [2.45, 2.75) is 46.6 Å². The van der Waals surface area contributed by atoms with Crippen LogP contribution in [0.1, 0.15) is 42.9 Å². The third-order valence-electron chi connectivity index (χ3n) is 4.39. The first-order chi connectivity index (χ1) is 10.1. The second-order valence-corrected chi connectivity index (χ2v) is 6.68. The Morgan fingerprint density at radius 2 is 1.76 bits per heavy atom. The molecule has 1 aromatic carbocycles. The summed E-state index contributed by atoms with van der Waals surface area (Å²) in [6.07, 6.45) is 4.14. The molecular formula is C18H30N2O. The maximum Gasteiger partial charge on any atom is 0.121 e. The van der Waals surface area contributed by atoms with E-state index in [4.69, 9.17) is 0 Å². The fourth-order valence-electron chi connectivity index (χ4n) is 3.26. The largest absolute Gasteiger partial charge is 0.507 e. The van der Waals surface area contributed by atoms with E-state index in [0.717, 1.165) is 24.2 Å². The molecule has 2 N–H and O–H groups in total. The highest BCUT2D eigenvalue weighted by atomic mass is 16.3. The van der Waals surface area contributed by atoms with Crippen molar-refractivity contribution in [1.82, 2.24) is 10.2 Å². The Morgan fingerprint density at radius 3 is 2.38 bits per heavy atom. The lowest BCUT2D eigenvalue weighted by Gasteiger charge is -2.29. The van der Waals surface area contributed by atoms with E-state index in [1.165, 1.54) is 44.5 Å². The molecule has 1 atom stereocenters. The van der Waals surface area contributed by atoms with Gasteiger partial charge in [-0.15, -0.1) is 0 Å². The summed E-state index contributed by atoms with van der Waals surface area (Å²) in [6, 6.07) is 4.15. The highest BCUT2D eigenvalue weighted by molar-refractivity contribution is 5.42. The monoisotopic (exact) mass is 290 g/mol. The molecule has 1 heterocycles. The van der Waals surface area contributed by atoms with E-state index < -0.39 is 0 Å². The van der Waals surface area contributed by atoms with E-state index in [1.807, 2.05) is 13.8 Å². The molecule has 21 heavy (non-hydrogen) atoms. The zero-order valence-electron chi connectivity index (χ0n) is 13.8. The molecule has 0 saturated carbocycles. The maximum atomic E-state index is 9.80. The van der Waals surface area contributed by atoms with E-state index in [2.05, 4.69) is 29.3 Å². The molecule has 1 unspecified atom stereocenters. The Bertz CT molecular complexity index is 430. The van der Waals surface area contributed by atoms with Gasteiger partial charge in [0.1, 0.15) is 5.75 Å². The van der Waals surface area contributed by atoms with Crippen LogP contribution in [0.5, 0.6) is 5.75 Å². The lowest BCUT2D eigenvalue weighted by Crippen LogP contribution is -2.36. The van der Waals surface area contributed by atoms with Gasteiger partial charge >= 0.3 is 0 Å². The van der Waals surface area contributed by atoms with Crippen molar-refractivity contribution in [3.05, 3.63) is 28.8 Å². The van der Waals surface area contributed by atoms with Crippen molar-refractivity contribution in [2.24, 2.45) is 5.92 Å². The van der Waals surface area contributed by atoms with Crippen LogP contribution in [0.25, 0.3) is 0 Å². The Labute approximate surface area is 129 Å². The maximum absolute atomic E-state index is 9.80. The minimum Gasteiger partial charge on any atom is -0.507 e. The van der Waals surface area contributed by atoms with Crippen molar-refractivity contribution >= 4 is 0 Å². The molecule has 0 spiro atoms. The first-order valence-electron chi connectivity index (χ1n) is 8.28. The van der Waals surface area contributed by atoms with Crippen LogP contribution in [-0.2, 0) is 6.54 Å². The molecular weight excluding hydrogens is 260 g/mol. The predicted molar refractivity (Wildman–Crippen MR) is 88.7 cm³/mol. The standard InChI is InChI=1S/C18H30N2O/c1-14(13-20-7-5-4-6-8-20)11-19-12-17-9-15(2)18(21)16(3)10-17/h9-10,14,19,21H,4-8,11-13H2,1-3H3. The summed E-state index contributed by atoms with van der Waals surface area (Å²) >= 11 is 0. The van der Waals surface area contributed by atoms with E-state index in [0.29, 0.717) is 11.7 Å². The molecule has 3 nitrogen and oxygen atoms in total. The van der Waals surface area contributed by atoms with Crippen LogP contribution in [0.3, 0.4) is 0 Å². The average molecular weight is 290 g/mol. The van der Waals surface area contributed by atoms with Gasteiger partial charge in [0.15, 0.2) is 0 Å². The zero-order chi connectivity index (χ0) is 15.2. The number of hydrogen-bond acceptors (Lipinski definition) is 3. The Balaban J connectivity index is 1.73. The number of hydrogen-bond donors (Lipinski definition) is 2. The molecule has 0 aliphatic carbocycles. The summed E-state index contributed by atoms with van der Waals surface area (Å²) in [6.45, 7) is 12.0. The number of likely N-dealkylation sites (tertiary alicyclic amines) is 1. The molecule has 0 bridgehead atoms. The molecule has 1 aliphatic rings. The van der Waals surface area contributed by atoms with Crippen molar-refractivity contribution in [3.8, 4) is 5.75 Å². The van der Waals surface area contributed by atoms with Gasteiger partial charge in [0, 0.05) is 13.1 Å². The zero-order valence-corrected chi connectivity index (χ0v) is 13.8. The van der Waals surface area contributed by atoms with Crippen molar-refractivity contribution in [1.29, 1.82) is 0 Å². The number of benzene rings is 1. The molecule has 1 saturated heterocycles. The fourth-order valence-corrected chi connectivity index (χ4v) is 3.26. The number of aryl methyl sites for hydroxylation is 2. The summed E-state index contributed by atoms with van der Waals surface area (Å²) < 4.78 is 0. The van der Waals surface area contributed by atoms with Crippen LogP contribution in [0.2, 0.25) is 0 Å². The average Bonchev–Trinajstić information content (AvgIpc) is 2.45. The second-order valence-electron chi connectivity index (χ2n) is 6.68. The summed E-state index contributed by atoms with van der Waals surface area (Å²) in [4.78, 5) is 2.60. The van der Waals surface area contributed by atoms with Gasteiger partial charge in [-0.2, -0.15) is 0 Å². The summed E-state index contributed by atoms with van der Waals surface area (Å²) in [5.74, 6) is 1.11. The van der Waals surface area contributed by atoms with E-state index in [-0.39, 0.29) is 0 Å². The van der Waals surface area contributed by atoms with Crippen molar-refractivity contribution < 1.29 is 5.11 Å². The van der Waals surface area contributed by atoms with Gasteiger partial charge < -0.3 is 15.3 Å². The third-order valence-corrected chi connectivity index (χ3v) is 4.39. The van der Waals surface area contributed by atoms with Crippen molar-refractivity contribution in [2.75, 3.05) is 26.2 Å². The number of nitrogens with one attached hydrogen (secondary N) is 1. The van der Waals surface area contributed by atoms with Crippen LogP contribution < -0.4 is 5.32 Å². The minimum absolute atomic E-state index is 0.428. The number of piperidine rings is 1. The van der Waals surface area contributed by atoms with Gasteiger partial charge in [0.2, 0.25) is 0 Å². The van der Waals surface area contributed by atoms with Gasteiger partial charge in [0.25, 0.3) is 0 Å². The first kappa shape index (κ1) is 16.3. The normalized spacial score (nSPS) is 17.9. The Morgan fingerprint density at radius 1 is 1.14 bits per heavy atom. The number of nitrogens with zero attached hydrogens (tertiary/aromatic N) is 1. The molecule has 3 heteroatoms. The fraction of sp³-hybridized carbons (Fsp3) is 0.667. The van der Waals surface area contributed by atoms with Crippen LogP contribution >= 0.6 is 0 Å². The van der Waals surface area contributed by atoms with Crippen LogP contribution in [0.4, 0.5) is 0 Å². The minimum atomic E-state index is 0.428. The number of aromatic hydroxyl groups is 1. The van der Waals surface area contributed by atoms with Gasteiger partial charge in [-0.3, -0.25) is 0 Å². The summed E-state index contributed by atoms with van der Waals surface area (Å²) in [7, 11) is 0. The predicted octanol–water partition coefficient (Wildman–Crippen LogP) is 3.22. The number of phenols is 1. The second kappa shape index (κ2) is 7.81. The number of rotatable bonds is 6. The Kier molecular flexibility index (Phi) is 6.07. The van der Waals surface area contributed by atoms with Crippen LogP contribution in [0.15, 0.2) is 12.1 Å². The smallest absolute Gasteiger partial charge is 0.121 e. The first-order valence-corrected chi connectivity index (χ1v) is 8.28. The molecule has 0 radical (unpaired) electrons. The molecule has 0 aromatic heterocycles. The van der Waals surface area contributed by atoms with Gasteiger partial charge in [-0.1, -0.05) is 25.5 Å². The SMILES string of the molecule is Cc1cc(CNCC(C)CN2CCCCC2)cc(C)c1O. The molecule has 118 valence electrons. The molecule has 2 rings (SSSR count). The van der Waals surface area contributed by atoms with Gasteiger partial charge in [0.05, 0.1) is 0 Å². The van der Waals surface area contributed by atoms with Crippen LogP contribution in [0, 0.1) is 19.8 Å². The highest BCUT2D eigenvalue weighted by Gasteiger charge is 2.13. The molecule has 1 fully saturated rings. The lowest BCUT2D eigenvalue weighted by molar-refractivity contribution is 0.199. The molecule has 1 aliphatic heterocycles. The van der Waals surface area contributed by atoms with Gasteiger partial charge in [-0.25, -0.2) is 0 Å². The van der Waals surface area contributed by atoms with E-state index >= 15 is 0 Å². The lowest BCUT2D eigenvalue weighted by atomic mass is 10.1. The van der Waals surface area contributed by atoms with E-state index in [9.17, 15) is 5.11 Å². The highest BCUT2D eigenvalue weighted by Crippen LogP contribution is 2.22. The number of phenolic OH excluding ortho intramolecular Hbond substituents is 1. The van der Waals surface area contributed by atoms with Crippen LogP contribution in [-0.4, -0.2) is 36.2 Å². The molecule has 0 amide bonds. The quantitative estimate of drug-likeness (QED) is 0.844.